The molecule has 8 heteroatoms. The van der Waals surface area contributed by atoms with Crippen molar-refractivity contribution in [3.63, 3.8) is 0 Å². The Balaban J connectivity index is 1.43. The SMILES string of the molecule is COC(=O)c1ccc(NC(O)CSC2c3ccccc3C(=O)N2Cc2ccccc2)nc1. The standard InChI is InChI=1S/C24H23N3O4S/c1-31-24(30)17-11-12-20(25-13-17)26-21(28)15-32-23-19-10-6-5-9-18(19)22(29)27(23)14-16-7-3-2-4-8-16/h2-13,21,23,28H,14-15H2,1H3,(H,25,26). The second-order valence-corrected chi connectivity index (χ2v) is 8.39. The quantitative estimate of drug-likeness (QED) is 0.400. The summed E-state index contributed by atoms with van der Waals surface area (Å²) in [5.41, 5.74) is 3.03. The fourth-order valence-electron chi connectivity index (χ4n) is 3.56. The fourth-order valence-corrected chi connectivity index (χ4v) is 4.75. The first kappa shape index (κ1) is 21.9. The molecule has 32 heavy (non-hydrogen) atoms. The predicted octanol–water partition coefficient (Wildman–Crippen LogP) is 3.69. The average molecular weight is 450 g/mol. The van der Waals surface area contributed by atoms with Crippen molar-refractivity contribution in [1.29, 1.82) is 0 Å². The van der Waals surface area contributed by atoms with Gasteiger partial charge in [-0.05, 0) is 29.3 Å². The van der Waals surface area contributed by atoms with Crippen LogP contribution in [0.3, 0.4) is 0 Å². The Morgan fingerprint density at radius 3 is 2.62 bits per heavy atom. The van der Waals surface area contributed by atoms with Crippen molar-refractivity contribution in [1.82, 2.24) is 9.88 Å². The van der Waals surface area contributed by atoms with E-state index in [2.05, 4.69) is 15.0 Å². The molecule has 2 heterocycles. The first-order valence-corrected chi connectivity index (χ1v) is 11.2. The predicted molar refractivity (Wildman–Crippen MR) is 123 cm³/mol. The highest BCUT2D eigenvalue weighted by Gasteiger charge is 2.36. The maximum atomic E-state index is 13.0. The molecule has 164 valence electrons. The number of anilines is 1. The van der Waals surface area contributed by atoms with Gasteiger partial charge >= 0.3 is 5.97 Å². The minimum atomic E-state index is -0.891. The van der Waals surface area contributed by atoms with Crippen LogP contribution in [0.4, 0.5) is 5.82 Å². The van der Waals surface area contributed by atoms with E-state index in [-0.39, 0.29) is 11.3 Å². The van der Waals surface area contributed by atoms with Crippen molar-refractivity contribution in [2.24, 2.45) is 0 Å². The topological polar surface area (TPSA) is 91.8 Å². The number of methoxy groups -OCH3 is 1. The van der Waals surface area contributed by atoms with Crippen LogP contribution in [0.15, 0.2) is 72.9 Å². The number of carbonyl (C=O) groups is 2. The second kappa shape index (κ2) is 9.84. The lowest BCUT2D eigenvalue weighted by atomic mass is 10.1. The Morgan fingerprint density at radius 1 is 1.16 bits per heavy atom. The average Bonchev–Trinajstić information content (AvgIpc) is 3.09. The Kier molecular flexibility index (Phi) is 6.72. The number of ether oxygens (including phenoxy) is 1. The van der Waals surface area contributed by atoms with E-state index in [1.165, 1.54) is 25.1 Å². The molecule has 0 saturated heterocycles. The molecule has 2 atom stereocenters. The number of thioether (sulfide) groups is 1. The lowest BCUT2D eigenvalue weighted by molar-refractivity contribution is 0.0600. The van der Waals surface area contributed by atoms with Crippen molar-refractivity contribution >= 4 is 29.5 Å². The van der Waals surface area contributed by atoms with Gasteiger partial charge in [0.15, 0.2) is 0 Å². The van der Waals surface area contributed by atoms with Crippen LogP contribution in [0.1, 0.15) is 37.2 Å². The first-order chi connectivity index (χ1) is 15.6. The molecule has 2 aromatic carbocycles. The van der Waals surface area contributed by atoms with Crippen molar-refractivity contribution < 1.29 is 19.4 Å². The van der Waals surface area contributed by atoms with Crippen LogP contribution in [0.25, 0.3) is 0 Å². The summed E-state index contributed by atoms with van der Waals surface area (Å²) in [4.78, 5) is 30.5. The Morgan fingerprint density at radius 2 is 1.91 bits per heavy atom. The number of aliphatic hydroxyl groups excluding tert-OH is 1. The zero-order chi connectivity index (χ0) is 22.5. The fraction of sp³-hybridized carbons (Fsp3) is 0.208. The number of nitrogens with zero attached hydrogens (tertiary/aromatic N) is 2. The molecule has 2 unspecified atom stereocenters. The lowest BCUT2D eigenvalue weighted by Crippen LogP contribution is -2.28. The lowest BCUT2D eigenvalue weighted by Gasteiger charge is -2.26. The van der Waals surface area contributed by atoms with Gasteiger partial charge in [-0.25, -0.2) is 9.78 Å². The van der Waals surface area contributed by atoms with Crippen LogP contribution < -0.4 is 5.32 Å². The summed E-state index contributed by atoms with van der Waals surface area (Å²) < 4.78 is 4.66. The van der Waals surface area contributed by atoms with E-state index >= 15 is 0 Å². The maximum absolute atomic E-state index is 13.0. The van der Waals surface area contributed by atoms with Crippen LogP contribution in [0.2, 0.25) is 0 Å². The molecule has 0 aliphatic carbocycles. The summed E-state index contributed by atoms with van der Waals surface area (Å²) >= 11 is 1.49. The summed E-state index contributed by atoms with van der Waals surface area (Å²) in [6, 6.07) is 20.6. The molecule has 1 aromatic heterocycles. The maximum Gasteiger partial charge on any atom is 0.339 e. The number of hydrogen-bond acceptors (Lipinski definition) is 7. The number of pyridine rings is 1. The second-order valence-electron chi connectivity index (χ2n) is 7.28. The van der Waals surface area contributed by atoms with Crippen molar-refractivity contribution in [2.45, 2.75) is 18.1 Å². The van der Waals surface area contributed by atoms with Gasteiger partial charge in [-0.1, -0.05) is 48.5 Å². The monoisotopic (exact) mass is 449 g/mol. The van der Waals surface area contributed by atoms with Crippen molar-refractivity contribution in [2.75, 3.05) is 18.2 Å². The minimum absolute atomic E-state index is 0.00975. The van der Waals surface area contributed by atoms with E-state index in [0.717, 1.165) is 11.1 Å². The van der Waals surface area contributed by atoms with Crippen LogP contribution in [0, 0.1) is 0 Å². The summed E-state index contributed by atoms with van der Waals surface area (Å²) in [7, 11) is 1.31. The third-order valence-corrected chi connectivity index (χ3v) is 6.44. The van der Waals surface area contributed by atoms with E-state index in [4.69, 9.17) is 0 Å². The Bertz CT molecular complexity index is 1090. The number of esters is 1. The molecule has 3 aromatic rings. The summed E-state index contributed by atoms with van der Waals surface area (Å²) in [6.45, 7) is 0.492. The molecule has 0 radical (unpaired) electrons. The van der Waals surface area contributed by atoms with Crippen LogP contribution in [0.5, 0.6) is 0 Å². The van der Waals surface area contributed by atoms with E-state index in [9.17, 15) is 14.7 Å². The summed E-state index contributed by atoms with van der Waals surface area (Å²) in [6.07, 6.45) is 0.500. The number of fused-ring (bicyclic) bond motifs is 1. The highest BCUT2D eigenvalue weighted by Crippen LogP contribution is 2.42. The van der Waals surface area contributed by atoms with E-state index in [1.54, 1.807) is 12.1 Å². The van der Waals surface area contributed by atoms with Crippen LogP contribution >= 0.6 is 11.8 Å². The number of benzene rings is 2. The van der Waals surface area contributed by atoms with E-state index < -0.39 is 12.2 Å². The van der Waals surface area contributed by atoms with Crippen molar-refractivity contribution in [3.8, 4) is 0 Å². The van der Waals surface area contributed by atoms with Gasteiger partial charge in [-0.3, -0.25) is 4.79 Å². The number of amides is 1. The molecular formula is C24H23N3O4S. The molecular weight excluding hydrogens is 426 g/mol. The van der Waals surface area contributed by atoms with Gasteiger partial charge in [0.1, 0.15) is 17.4 Å². The third kappa shape index (κ3) is 4.76. The van der Waals surface area contributed by atoms with Gasteiger partial charge in [0, 0.05) is 24.1 Å². The summed E-state index contributed by atoms with van der Waals surface area (Å²) in [5, 5.41) is 13.2. The largest absolute Gasteiger partial charge is 0.465 e. The molecule has 2 N–H and O–H groups in total. The molecule has 1 amide bonds. The molecule has 0 bridgehead atoms. The number of carbonyl (C=O) groups excluding carboxylic acids is 2. The Hall–Kier alpha value is -3.36. The highest BCUT2D eigenvalue weighted by atomic mass is 32.2. The smallest absolute Gasteiger partial charge is 0.339 e. The van der Waals surface area contributed by atoms with Gasteiger partial charge in [0.25, 0.3) is 5.91 Å². The zero-order valence-corrected chi connectivity index (χ0v) is 18.3. The molecule has 1 aliphatic heterocycles. The third-order valence-electron chi connectivity index (χ3n) is 5.11. The number of nitrogens with one attached hydrogen (secondary N) is 1. The Labute approximate surface area is 190 Å². The first-order valence-electron chi connectivity index (χ1n) is 10.1. The number of hydrogen-bond donors (Lipinski definition) is 2. The van der Waals surface area contributed by atoms with E-state index in [1.807, 2.05) is 59.5 Å². The molecule has 1 aliphatic rings. The van der Waals surface area contributed by atoms with Gasteiger partial charge in [-0.2, -0.15) is 0 Å². The number of aliphatic hydroxyl groups is 1. The van der Waals surface area contributed by atoms with Crippen LogP contribution in [-0.4, -0.2) is 46.0 Å². The summed E-state index contributed by atoms with van der Waals surface area (Å²) in [5.74, 6) is 0.292. The zero-order valence-electron chi connectivity index (χ0n) is 17.5. The normalized spacial score (nSPS) is 15.9. The molecule has 0 saturated carbocycles. The minimum Gasteiger partial charge on any atom is -0.465 e. The number of rotatable bonds is 8. The molecule has 7 nitrogen and oxygen atoms in total. The van der Waals surface area contributed by atoms with Crippen LogP contribution in [-0.2, 0) is 11.3 Å². The number of aromatic nitrogens is 1. The van der Waals surface area contributed by atoms with Crippen molar-refractivity contribution in [3.05, 3.63) is 95.2 Å². The molecule has 0 fully saturated rings. The molecule has 4 rings (SSSR count). The van der Waals surface area contributed by atoms with Gasteiger partial charge in [-0.15, -0.1) is 11.8 Å². The highest BCUT2D eigenvalue weighted by molar-refractivity contribution is 7.99. The van der Waals surface area contributed by atoms with Gasteiger partial charge in [0.05, 0.1) is 12.7 Å². The van der Waals surface area contributed by atoms with E-state index in [0.29, 0.717) is 29.2 Å². The molecule has 0 spiro atoms. The van der Waals surface area contributed by atoms with Gasteiger partial charge in [0.2, 0.25) is 0 Å². The van der Waals surface area contributed by atoms with Gasteiger partial charge < -0.3 is 20.1 Å².